The first-order chi connectivity index (χ1) is 7.04. The van der Waals surface area contributed by atoms with Gasteiger partial charge in [-0.1, -0.05) is 0 Å². The number of rotatable bonds is 4. The van der Waals surface area contributed by atoms with Crippen molar-refractivity contribution in [3.8, 4) is 0 Å². The highest BCUT2D eigenvalue weighted by Gasteiger charge is 2.53. The zero-order valence-electron chi connectivity index (χ0n) is 8.75. The van der Waals surface area contributed by atoms with Crippen molar-refractivity contribution in [2.45, 2.75) is 55.8 Å². The highest BCUT2D eigenvalue weighted by molar-refractivity contribution is 8.15. The van der Waals surface area contributed by atoms with Crippen LogP contribution >= 0.6 is 10.7 Å². The molecule has 1 heterocycles. The number of hydrogen-bond acceptors (Lipinski definition) is 3. The van der Waals surface area contributed by atoms with Crippen molar-refractivity contribution in [1.82, 2.24) is 0 Å². The Balaban J connectivity index is 1.83. The second-order valence-electron chi connectivity index (χ2n) is 4.65. The molecule has 1 saturated heterocycles. The predicted octanol–water partition coefficient (Wildman–Crippen LogP) is 2.44. The van der Waals surface area contributed by atoms with E-state index >= 15 is 0 Å². The van der Waals surface area contributed by atoms with Crippen LogP contribution in [0.2, 0.25) is 0 Å². The van der Waals surface area contributed by atoms with Gasteiger partial charge in [0.15, 0.2) is 0 Å². The molecule has 2 rings (SSSR count). The molecule has 1 unspecified atom stereocenters. The summed E-state index contributed by atoms with van der Waals surface area (Å²) in [6, 6.07) is 0. The molecular formula is C10H17ClO3S. The van der Waals surface area contributed by atoms with Gasteiger partial charge in [0, 0.05) is 17.3 Å². The van der Waals surface area contributed by atoms with E-state index in [1.165, 1.54) is 6.42 Å². The molecule has 3 nitrogen and oxygen atoms in total. The van der Waals surface area contributed by atoms with E-state index in [0.717, 1.165) is 38.7 Å². The van der Waals surface area contributed by atoms with Crippen LogP contribution in [0.4, 0.5) is 0 Å². The van der Waals surface area contributed by atoms with Crippen LogP contribution in [-0.4, -0.2) is 25.9 Å². The van der Waals surface area contributed by atoms with Crippen molar-refractivity contribution in [3.63, 3.8) is 0 Å². The fraction of sp³-hybridized carbons (Fsp3) is 1.00. The lowest BCUT2D eigenvalue weighted by Gasteiger charge is -2.23. The van der Waals surface area contributed by atoms with Crippen LogP contribution in [0.1, 0.15) is 44.9 Å². The molecule has 5 heteroatoms. The molecular weight excluding hydrogens is 236 g/mol. The smallest absolute Gasteiger partial charge is 0.238 e. The molecule has 0 spiro atoms. The Kier molecular flexibility index (Phi) is 3.29. The van der Waals surface area contributed by atoms with Crippen LogP contribution in [0.3, 0.4) is 0 Å². The second kappa shape index (κ2) is 4.22. The van der Waals surface area contributed by atoms with E-state index < -0.39 is 13.8 Å². The average Bonchev–Trinajstić information content (AvgIpc) is 2.96. The Labute approximate surface area is 95.6 Å². The lowest BCUT2D eigenvalue weighted by molar-refractivity contribution is 0.00973. The van der Waals surface area contributed by atoms with Gasteiger partial charge in [-0.05, 0) is 44.9 Å². The molecule has 0 aromatic heterocycles. The van der Waals surface area contributed by atoms with Crippen molar-refractivity contribution in [3.05, 3.63) is 0 Å². The van der Waals surface area contributed by atoms with Crippen molar-refractivity contribution in [2.75, 3.05) is 6.61 Å². The normalized spacial score (nSPS) is 30.1. The molecule has 2 aliphatic rings. The zero-order valence-corrected chi connectivity index (χ0v) is 10.3. The second-order valence-corrected chi connectivity index (χ2v) is 7.61. The third kappa shape index (κ3) is 2.66. The van der Waals surface area contributed by atoms with E-state index in [-0.39, 0.29) is 6.10 Å². The van der Waals surface area contributed by atoms with Gasteiger partial charge in [-0.15, -0.1) is 0 Å². The minimum Gasteiger partial charge on any atom is -0.378 e. The summed E-state index contributed by atoms with van der Waals surface area (Å²) >= 11 is 0. The standard InChI is InChI=1S/C10H17ClO3S/c11-15(12,13)10(6-7-10)5-4-9-3-1-2-8-14-9/h9H,1-8H2. The van der Waals surface area contributed by atoms with Gasteiger partial charge in [-0.3, -0.25) is 0 Å². The van der Waals surface area contributed by atoms with Crippen LogP contribution in [-0.2, 0) is 13.8 Å². The number of halogens is 1. The first-order valence-electron chi connectivity index (χ1n) is 5.59. The van der Waals surface area contributed by atoms with E-state index in [9.17, 15) is 8.42 Å². The summed E-state index contributed by atoms with van der Waals surface area (Å²) in [5, 5.41) is 0. The zero-order chi connectivity index (χ0) is 10.9. The first kappa shape index (κ1) is 11.7. The monoisotopic (exact) mass is 252 g/mol. The van der Waals surface area contributed by atoms with Crippen molar-refractivity contribution >= 4 is 19.7 Å². The van der Waals surface area contributed by atoms with Gasteiger partial charge in [0.1, 0.15) is 0 Å². The van der Waals surface area contributed by atoms with E-state index in [4.69, 9.17) is 15.4 Å². The molecule has 0 aromatic rings. The summed E-state index contributed by atoms with van der Waals surface area (Å²) in [6.07, 6.45) is 6.63. The minimum atomic E-state index is -3.38. The molecule has 1 atom stereocenters. The molecule has 15 heavy (non-hydrogen) atoms. The van der Waals surface area contributed by atoms with Crippen LogP contribution in [0.5, 0.6) is 0 Å². The third-order valence-corrected chi connectivity index (χ3v) is 6.15. The SMILES string of the molecule is O=S(=O)(Cl)C1(CCC2CCCCO2)CC1. The van der Waals surface area contributed by atoms with Gasteiger partial charge in [0.25, 0.3) is 0 Å². The number of hydrogen-bond donors (Lipinski definition) is 0. The summed E-state index contributed by atoms with van der Waals surface area (Å²) in [7, 11) is 2.06. The molecule has 1 saturated carbocycles. The fourth-order valence-electron chi connectivity index (χ4n) is 2.21. The quantitative estimate of drug-likeness (QED) is 0.722. The lowest BCUT2D eigenvalue weighted by atomic mass is 10.0. The molecule has 0 bridgehead atoms. The van der Waals surface area contributed by atoms with Gasteiger partial charge >= 0.3 is 0 Å². The van der Waals surface area contributed by atoms with E-state index in [2.05, 4.69) is 0 Å². The minimum absolute atomic E-state index is 0.259. The molecule has 1 aliphatic heterocycles. The molecule has 0 aromatic carbocycles. The summed E-state index contributed by atoms with van der Waals surface area (Å²) in [6.45, 7) is 0.825. The van der Waals surface area contributed by atoms with E-state index in [1.807, 2.05) is 0 Å². The molecule has 0 N–H and O–H groups in total. The van der Waals surface area contributed by atoms with Crippen molar-refractivity contribution in [1.29, 1.82) is 0 Å². The summed E-state index contributed by atoms with van der Waals surface area (Å²) in [5.41, 5.74) is 0. The summed E-state index contributed by atoms with van der Waals surface area (Å²) in [4.78, 5) is 0. The Morgan fingerprint density at radius 1 is 1.33 bits per heavy atom. The molecule has 0 radical (unpaired) electrons. The van der Waals surface area contributed by atoms with Gasteiger partial charge in [-0.25, -0.2) is 8.42 Å². The Bertz CT molecular complexity index is 316. The van der Waals surface area contributed by atoms with Gasteiger partial charge in [0.05, 0.1) is 10.9 Å². The molecule has 1 aliphatic carbocycles. The third-order valence-electron chi connectivity index (χ3n) is 3.52. The molecule has 2 fully saturated rings. The van der Waals surface area contributed by atoms with Crippen LogP contribution < -0.4 is 0 Å². The van der Waals surface area contributed by atoms with Crippen LogP contribution in [0.15, 0.2) is 0 Å². The van der Waals surface area contributed by atoms with Gasteiger partial charge in [-0.2, -0.15) is 0 Å². The Hall–Kier alpha value is 0.200. The largest absolute Gasteiger partial charge is 0.378 e. The molecule has 0 amide bonds. The summed E-state index contributed by atoms with van der Waals surface area (Å²) < 4.78 is 27.6. The van der Waals surface area contributed by atoms with Gasteiger partial charge < -0.3 is 4.74 Å². The maximum absolute atomic E-state index is 11.3. The van der Waals surface area contributed by atoms with Crippen molar-refractivity contribution in [2.24, 2.45) is 0 Å². The molecule has 88 valence electrons. The number of ether oxygens (including phenoxy) is 1. The predicted molar refractivity (Wildman–Crippen MR) is 59.6 cm³/mol. The first-order valence-corrected chi connectivity index (χ1v) is 7.90. The Morgan fingerprint density at radius 3 is 2.53 bits per heavy atom. The average molecular weight is 253 g/mol. The van der Waals surface area contributed by atoms with E-state index in [0.29, 0.717) is 6.42 Å². The van der Waals surface area contributed by atoms with Gasteiger partial charge in [0.2, 0.25) is 9.05 Å². The van der Waals surface area contributed by atoms with Crippen LogP contribution in [0, 0.1) is 0 Å². The van der Waals surface area contributed by atoms with E-state index in [1.54, 1.807) is 0 Å². The van der Waals surface area contributed by atoms with Crippen LogP contribution in [0.25, 0.3) is 0 Å². The van der Waals surface area contributed by atoms with Crippen molar-refractivity contribution < 1.29 is 13.2 Å². The Morgan fingerprint density at radius 2 is 2.07 bits per heavy atom. The maximum atomic E-state index is 11.3. The lowest BCUT2D eigenvalue weighted by Crippen LogP contribution is -2.24. The topological polar surface area (TPSA) is 43.4 Å². The fourth-order valence-corrected chi connectivity index (χ4v) is 3.86. The highest BCUT2D eigenvalue weighted by atomic mass is 35.7. The highest BCUT2D eigenvalue weighted by Crippen LogP contribution is 2.49. The maximum Gasteiger partial charge on any atom is 0.238 e. The summed E-state index contributed by atoms with van der Waals surface area (Å²) in [5.74, 6) is 0.